The highest BCUT2D eigenvalue weighted by molar-refractivity contribution is 6.20. The van der Waals surface area contributed by atoms with Gasteiger partial charge in [-0.25, -0.2) is 0 Å². The number of benzene rings is 8. The zero-order valence-electron chi connectivity index (χ0n) is 34.5. The number of hydrogen-bond acceptors (Lipinski definition) is 3. The lowest BCUT2D eigenvalue weighted by Gasteiger charge is -2.18. The molecule has 64 heavy (non-hydrogen) atoms. The number of nitrogens with zero attached hydrogens (tertiary/aromatic N) is 7. The third-order valence-corrected chi connectivity index (χ3v) is 13.3. The number of rotatable bonds is 5. The van der Waals surface area contributed by atoms with Crippen molar-refractivity contribution < 1.29 is 0 Å². The van der Waals surface area contributed by atoms with Gasteiger partial charge in [-0.15, -0.1) is 0 Å². The standard InChI is InChI=1S/C57H37N7/c1-4-18-36(19-5-1)55-58-56(63-49-30-16-12-26-41(49)45-32-51-43(34-53(45)63)39-24-10-14-28-47(39)61(51)37-20-6-2-7-21-37)60-57(59-55)64-50-31-17-13-27-42(50)46-33-52-44(35-54(46)64)40-25-11-15-29-48(40)62(52)38-22-8-3-9-23-38/h1-22,24-35,38H,23H2. The molecule has 1 aliphatic rings. The molecule has 0 radical (unpaired) electrons. The third kappa shape index (κ3) is 5.00. The van der Waals surface area contributed by atoms with Crippen LogP contribution in [0.4, 0.5) is 0 Å². The lowest BCUT2D eigenvalue weighted by molar-refractivity contribution is 0.648. The molecule has 7 nitrogen and oxygen atoms in total. The number of fused-ring (bicyclic) bond motifs is 12. The van der Waals surface area contributed by atoms with E-state index in [9.17, 15) is 0 Å². The molecule has 0 saturated heterocycles. The van der Waals surface area contributed by atoms with Crippen LogP contribution >= 0.6 is 0 Å². The second-order valence-electron chi connectivity index (χ2n) is 16.8. The van der Waals surface area contributed by atoms with E-state index in [-0.39, 0.29) is 6.04 Å². The van der Waals surface area contributed by atoms with E-state index < -0.39 is 0 Å². The van der Waals surface area contributed by atoms with Crippen molar-refractivity contribution in [1.82, 2.24) is 33.2 Å². The average molecular weight is 820 g/mol. The van der Waals surface area contributed by atoms with Gasteiger partial charge in [0.15, 0.2) is 5.82 Å². The van der Waals surface area contributed by atoms with E-state index >= 15 is 0 Å². The first-order valence-corrected chi connectivity index (χ1v) is 21.9. The van der Waals surface area contributed by atoms with Crippen molar-refractivity contribution in [2.75, 3.05) is 0 Å². The van der Waals surface area contributed by atoms with Crippen molar-refractivity contribution in [3.8, 4) is 29.0 Å². The highest BCUT2D eigenvalue weighted by atomic mass is 15.3. The molecule has 5 aromatic heterocycles. The molecule has 1 atom stereocenters. The topological polar surface area (TPSA) is 58.4 Å². The highest BCUT2D eigenvalue weighted by Gasteiger charge is 2.25. The summed E-state index contributed by atoms with van der Waals surface area (Å²) in [4.78, 5) is 16.3. The maximum atomic E-state index is 5.54. The van der Waals surface area contributed by atoms with E-state index in [4.69, 9.17) is 15.0 Å². The summed E-state index contributed by atoms with van der Waals surface area (Å²) in [6.07, 6.45) is 9.85. The Kier molecular flexibility index (Phi) is 7.39. The van der Waals surface area contributed by atoms with Crippen molar-refractivity contribution in [3.63, 3.8) is 0 Å². The first-order valence-electron chi connectivity index (χ1n) is 21.9. The van der Waals surface area contributed by atoms with E-state index in [1.165, 1.54) is 32.6 Å². The summed E-state index contributed by atoms with van der Waals surface area (Å²) in [5.41, 5.74) is 10.9. The van der Waals surface area contributed by atoms with Crippen molar-refractivity contribution in [2.24, 2.45) is 0 Å². The Hall–Kier alpha value is -8.55. The summed E-state index contributed by atoms with van der Waals surface area (Å²) in [5.74, 6) is 1.72. The van der Waals surface area contributed by atoms with Gasteiger partial charge in [0.1, 0.15) is 0 Å². The number of hydrogen-bond donors (Lipinski definition) is 0. The second kappa shape index (κ2) is 13.5. The van der Waals surface area contributed by atoms with Crippen LogP contribution in [0.15, 0.2) is 206 Å². The molecule has 0 fully saturated rings. The zero-order valence-corrected chi connectivity index (χ0v) is 34.5. The Bertz CT molecular complexity index is 4110. The molecule has 0 aliphatic heterocycles. The molecule has 5 heterocycles. The number of aromatic nitrogens is 7. The van der Waals surface area contributed by atoms with Gasteiger partial charge in [-0.3, -0.25) is 9.13 Å². The van der Waals surface area contributed by atoms with Crippen molar-refractivity contribution >= 4 is 87.2 Å². The third-order valence-electron chi connectivity index (χ3n) is 13.3. The smallest absolute Gasteiger partial charge is 0.240 e. The van der Waals surface area contributed by atoms with Crippen molar-refractivity contribution in [3.05, 3.63) is 206 Å². The molecule has 0 saturated carbocycles. The van der Waals surface area contributed by atoms with Crippen LogP contribution in [0.5, 0.6) is 0 Å². The van der Waals surface area contributed by atoms with Crippen molar-refractivity contribution in [1.29, 1.82) is 0 Å². The van der Waals surface area contributed by atoms with Gasteiger partial charge in [-0.05, 0) is 67.1 Å². The monoisotopic (exact) mass is 819 g/mol. The predicted molar refractivity (Wildman–Crippen MR) is 263 cm³/mol. The first-order chi connectivity index (χ1) is 31.8. The molecule has 1 unspecified atom stereocenters. The molecule has 13 aromatic rings. The fourth-order valence-corrected chi connectivity index (χ4v) is 10.6. The van der Waals surface area contributed by atoms with Gasteiger partial charge in [0, 0.05) is 59.9 Å². The molecule has 300 valence electrons. The SMILES string of the molecule is C1=CCC(n2c3ccccc3c3cc4c(cc32)c2ccccc2n4-c2nc(-c3ccccc3)nc(-n3c4ccccc4c4cc5c(cc43)c3ccccc3n5-c3ccccc3)n2)C=C1. The fraction of sp³-hybridized carbons (Fsp3) is 0.0351. The Morgan fingerprint density at radius 2 is 0.797 bits per heavy atom. The lowest BCUT2D eigenvalue weighted by Crippen LogP contribution is -2.10. The molecule has 1 aliphatic carbocycles. The fourth-order valence-electron chi connectivity index (χ4n) is 10.6. The van der Waals surface area contributed by atoms with E-state index in [1.54, 1.807) is 0 Å². The maximum Gasteiger partial charge on any atom is 0.240 e. The summed E-state index contributed by atoms with van der Waals surface area (Å²) in [5, 5.41) is 9.35. The quantitative estimate of drug-likeness (QED) is 0.174. The molecule has 8 aromatic carbocycles. The van der Waals surface area contributed by atoms with Crippen LogP contribution in [0, 0.1) is 0 Å². The molecule has 0 bridgehead atoms. The van der Waals surface area contributed by atoms with Crippen LogP contribution in [-0.4, -0.2) is 33.2 Å². The van der Waals surface area contributed by atoms with Gasteiger partial charge < -0.3 is 9.13 Å². The number of allylic oxidation sites excluding steroid dienone is 4. The highest BCUT2D eigenvalue weighted by Crippen LogP contribution is 2.42. The lowest BCUT2D eigenvalue weighted by atomic mass is 10.1. The van der Waals surface area contributed by atoms with Gasteiger partial charge in [-0.1, -0.05) is 146 Å². The Morgan fingerprint density at radius 1 is 0.359 bits per heavy atom. The first kappa shape index (κ1) is 35.1. The van der Waals surface area contributed by atoms with Crippen LogP contribution in [-0.2, 0) is 0 Å². The molecule has 0 N–H and O–H groups in total. The maximum absolute atomic E-state index is 5.54. The van der Waals surface area contributed by atoms with Crippen LogP contribution < -0.4 is 0 Å². The molecule has 0 spiro atoms. The Labute approximate surface area is 366 Å². The van der Waals surface area contributed by atoms with Gasteiger partial charge in [-0.2, -0.15) is 15.0 Å². The summed E-state index contributed by atoms with van der Waals surface area (Å²) < 4.78 is 9.38. The molecular formula is C57H37N7. The minimum absolute atomic E-state index is 0.222. The summed E-state index contributed by atoms with van der Waals surface area (Å²) in [6, 6.07) is 65.3. The number of para-hydroxylation sites is 5. The Morgan fingerprint density at radius 3 is 1.34 bits per heavy atom. The minimum atomic E-state index is 0.222. The van der Waals surface area contributed by atoms with E-state index in [0.29, 0.717) is 17.7 Å². The molecular weight excluding hydrogens is 783 g/mol. The normalized spacial score (nSPS) is 14.2. The molecule has 14 rings (SSSR count). The van der Waals surface area contributed by atoms with Gasteiger partial charge >= 0.3 is 0 Å². The van der Waals surface area contributed by atoms with E-state index in [1.807, 2.05) is 18.2 Å². The van der Waals surface area contributed by atoms with Crippen LogP contribution in [0.3, 0.4) is 0 Å². The summed E-state index contributed by atoms with van der Waals surface area (Å²) >= 11 is 0. The van der Waals surface area contributed by atoms with E-state index in [0.717, 1.165) is 72.3 Å². The van der Waals surface area contributed by atoms with Crippen LogP contribution in [0.2, 0.25) is 0 Å². The van der Waals surface area contributed by atoms with Gasteiger partial charge in [0.05, 0.1) is 44.7 Å². The largest absolute Gasteiger partial charge is 0.333 e. The van der Waals surface area contributed by atoms with E-state index in [2.05, 4.69) is 206 Å². The van der Waals surface area contributed by atoms with Crippen LogP contribution in [0.1, 0.15) is 12.5 Å². The second-order valence-corrected chi connectivity index (χ2v) is 16.8. The van der Waals surface area contributed by atoms with Gasteiger partial charge in [0.25, 0.3) is 0 Å². The minimum Gasteiger partial charge on any atom is -0.333 e. The summed E-state index contributed by atoms with van der Waals surface area (Å²) in [7, 11) is 0. The van der Waals surface area contributed by atoms with Crippen LogP contribution in [0.25, 0.3) is 116 Å². The molecule has 7 heteroatoms. The molecule has 0 amide bonds. The average Bonchev–Trinajstić information content (AvgIpc) is 4.08. The predicted octanol–water partition coefficient (Wildman–Crippen LogP) is 14.0. The van der Waals surface area contributed by atoms with Crippen molar-refractivity contribution in [2.45, 2.75) is 12.5 Å². The summed E-state index contributed by atoms with van der Waals surface area (Å²) in [6.45, 7) is 0. The van der Waals surface area contributed by atoms with Gasteiger partial charge in [0.2, 0.25) is 11.9 Å². The zero-order chi connectivity index (χ0) is 41.9. The Balaban J connectivity index is 1.08.